The Hall–Kier alpha value is -4.49. The number of thiophene rings is 1. The summed E-state index contributed by atoms with van der Waals surface area (Å²) in [5, 5.41) is 9.88. The van der Waals surface area contributed by atoms with Crippen LogP contribution in [0.25, 0.3) is 10.8 Å². The molecule has 13 heteroatoms. The Labute approximate surface area is 285 Å². The molecule has 2 aliphatic rings. The van der Waals surface area contributed by atoms with Crippen molar-refractivity contribution in [2.75, 3.05) is 61.0 Å². The second-order valence-electron chi connectivity index (χ2n) is 12.8. The maximum Gasteiger partial charge on any atom is 0.268 e. The number of nitrogens with one attached hydrogen (secondary N) is 2. The summed E-state index contributed by atoms with van der Waals surface area (Å²) in [4.78, 5) is 73.5. The SMILES string of the molecule is CN(C)CCNC(=O)[C@@H]1CCC(=O)N(C)CC(=O)N2C[C@H](NC(=O)Cc3ccc4ccccc4c3)C[C@H]2COc2ccsc2C(=O)N1C. The normalized spacial score (nSPS) is 21.0. The summed E-state index contributed by atoms with van der Waals surface area (Å²) >= 11 is 1.21. The van der Waals surface area contributed by atoms with Crippen molar-refractivity contribution in [2.45, 2.75) is 43.8 Å². The van der Waals surface area contributed by atoms with Gasteiger partial charge in [-0.25, -0.2) is 0 Å². The van der Waals surface area contributed by atoms with Gasteiger partial charge in [0.25, 0.3) is 5.91 Å². The van der Waals surface area contributed by atoms with E-state index in [2.05, 4.69) is 10.6 Å². The van der Waals surface area contributed by atoms with Crippen LogP contribution in [0.15, 0.2) is 53.9 Å². The van der Waals surface area contributed by atoms with Gasteiger partial charge in [-0.15, -0.1) is 11.3 Å². The Bertz CT molecular complexity index is 1660. The first-order valence-electron chi connectivity index (χ1n) is 16.2. The van der Waals surface area contributed by atoms with Gasteiger partial charge in [0.05, 0.1) is 19.0 Å². The lowest BCUT2D eigenvalue weighted by atomic mass is 10.0. The Morgan fingerprint density at radius 1 is 1.02 bits per heavy atom. The van der Waals surface area contributed by atoms with Crippen LogP contribution in [0.4, 0.5) is 0 Å². The molecule has 1 saturated heterocycles. The predicted molar refractivity (Wildman–Crippen MR) is 184 cm³/mol. The first-order valence-corrected chi connectivity index (χ1v) is 17.1. The number of nitrogens with zero attached hydrogens (tertiary/aromatic N) is 4. The molecule has 12 nitrogen and oxygen atoms in total. The van der Waals surface area contributed by atoms with Gasteiger partial charge in [0.1, 0.15) is 23.3 Å². The zero-order valence-electron chi connectivity index (χ0n) is 27.9. The van der Waals surface area contributed by atoms with Crippen LogP contribution >= 0.6 is 11.3 Å². The third-order valence-corrected chi connectivity index (χ3v) is 9.80. The van der Waals surface area contributed by atoms with Gasteiger partial charge in [-0.3, -0.25) is 24.0 Å². The Kier molecular flexibility index (Phi) is 11.3. The molecule has 1 aromatic heterocycles. The third-order valence-electron chi connectivity index (χ3n) is 8.91. The number of carbonyl (C=O) groups is 5. The van der Waals surface area contributed by atoms with Gasteiger partial charge in [-0.1, -0.05) is 42.5 Å². The zero-order valence-corrected chi connectivity index (χ0v) is 28.8. The van der Waals surface area contributed by atoms with Crippen LogP contribution < -0.4 is 15.4 Å². The maximum absolute atomic E-state index is 13.7. The fourth-order valence-corrected chi connectivity index (χ4v) is 7.02. The number of hydrogen-bond donors (Lipinski definition) is 2. The number of ether oxygens (including phenoxy) is 1. The highest BCUT2D eigenvalue weighted by atomic mass is 32.1. The van der Waals surface area contributed by atoms with Gasteiger partial charge in [-0.2, -0.15) is 0 Å². The summed E-state index contributed by atoms with van der Waals surface area (Å²) < 4.78 is 6.18. The predicted octanol–water partition coefficient (Wildman–Crippen LogP) is 1.98. The molecule has 3 heterocycles. The van der Waals surface area contributed by atoms with E-state index in [9.17, 15) is 24.0 Å². The molecule has 256 valence electrons. The quantitative estimate of drug-likeness (QED) is 0.392. The highest BCUT2D eigenvalue weighted by Crippen LogP contribution is 2.29. The molecule has 2 aliphatic heterocycles. The molecule has 1 fully saturated rings. The van der Waals surface area contributed by atoms with Gasteiger partial charge in [0.15, 0.2) is 0 Å². The van der Waals surface area contributed by atoms with E-state index in [-0.39, 0.29) is 74.5 Å². The lowest BCUT2D eigenvalue weighted by Gasteiger charge is -2.28. The highest BCUT2D eigenvalue weighted by molar-refractivity contribution is 7.12. The number of rotatable bonds is 7. The average Bonchev–Trinajstić information content (AvgIpc) is 3.69. The molecule has 2 aromatic carbocycles. The fourth-order valence-electron chi connectivity index (χ4n) is 6.21. The van der Waals surface area contributed by atoms with Crippen LogP contribution in [-0.2, 0) is 25.6 Å². The van der Waals surface area contributed by atoms with Crippen molar-refractivity contribution in [1.29, 1.82) is 0 Å². The molecule has 0 bridgehead atoms. The molecule has 0 unspecified atom stereocenters. The Morgan fingerprint density at radius 2 is 1.79 bits per heavy atom. The van der Waals surface area contributed by atoms with E-state index in [1.807, 2.05) is 61.5 Å². The number of fused-ring (bicyclic) bond motifs is 3. The molecule has 3 aromatic rings. The summed E-state index contributed by atoms with van der Waals surface area (Å²) in [6, 6.07) is 14.0. The molecule has 2 N–H and O–H groups in total. The molecule has 0 radical (unpaired) electrons. The summed E-state index contributed by atoms with van der Waals surface area (Å²) in [7, 11) is 6.91. The number of amides is 5. The topological polar surface area (TPSA) is 132 Å². The van der Waals surface area contributed by atoms with Crippen LogP contribution in [-0.4, -0.2) is 128 Å². The van der Waals surface area contributed by atoms with E-state index in [0.717, 1.165) is 16.3 Å². The van der Waals surface area contributed by atoms with Gasteiger partial charge < -0.3 is 35.0 Å². The van der Waals surface area contributed by atoms with Gasteiger partial charge in [0.2, 0.25) is 23.6 Å². The lowest BCUT2D eigenvalue weighted by Crippen LogP contribution is -2.49. The first-order chi connectivity index (χ1) is 23.0. The molecule has 0 aliphatic carbocycles. The van der Waals surface area contributed by atoms with Gasteiger partial charge in [0, 0.05) is 46.2 Å². The molecular formula is C35H44N6O6S. The van der Waals surface area contributed by atoms with Gasteiger partial charge in [-0.05, 0) is 54.7 Å². The van der Waals surface area contributed by atoms with Crippen molar-refractivity contribution in [3.05, 3.63) is 64.4 Å². The summed E-state index contributed by atoms with van der Waals surface area (Å²) in [6.45, 7) is 1.21. The number of hydrogen-bond acceptors (Lipinski definition) is 8. The van der Waals surface area contributed by atoms with Crippen molar-refractivity contribution < 1.29 is 28.7 Å². The molecular weight excluding hydrogens is 632 g/mol. The zero-order chi connectivity index (χ0) is 34.4. The molecule has 3 atom stereocenters. The second kappa shape index (κ2) is 15.6. The number of likely N-dealkylation sites (N-methyl/N-ethyl adjacent to an activating group) is 3. The molecule has 5 rings (SSSR count). The second-order valence-corrected chi connectivity index (χ2v) is 13.7. The minimum atomic E-state index is -0.894. The molecule has 48 heavy (non-hydrogen) atoms. The summed E-state index contributed by atoms with van der Waals surface area (Å²) in [6.07, 6.45) is 0.718. The molecule has 5 amide bonds. The van der Waals surface area contributed by atoms with Gasteiger partial charge >= 0.3 is 0 Å². The van der Waals surface area contributed by atoms with E-state index < -0.39 is 12.1 Å². The van der Waals surface area contributed by atoms with Crippen molar-refractivity contribution in [3.8, 4) is 5.75 Å². The monoisotopic (exact) mass is 676 g/mol. The van der Waals surface area contributed by atoms with Crippen LogP contribution in [0.5, 0.6) is 5.75 Å². The van der Waals surface area contributed by atoms with E-state index >= 15 is 0 Å². The molecule has 0 spiro atoms. The minimum absolute atomic E-state index is 0.0299. The first kappa shape index (κ1) is 34.8. The van der Waals surface area contributed by atoms with E-state index in [1.54, 1.807) is 30.4 Å². The Balaban J connectivity index is 1.30. The molecule has 0 saturated carbocycles. The minimum Gasteiger partial charge on any atom is -0.490 e. The number of carbonyl (C=O) groups excluding carboxylic acids is 5. The van der Waals surface area contributed by atoms with Crippen molar-refractivity contribution in [1.82, 2.24) is 30.2 Å². The van der Waals surface area contributed by atoms with Crippen LogP contribution in [0, 0.1) is 0 Å². The van der Waals surface area contributed by atoms with E-state index in [1.165, 1.54) is 21.1 Å². The smallest absolute Gasteiger partial charge is 0.268 e. The Morgan fingerprint density at radius 3 is 2.56 bits per heavy atom. The van der Waals surface area contributed by atoms with Crippen LogP contribution in [0.2, 0.25) is 0 Å². The highest BCUT2D eigenvalue weighted by Gasteiger charge is 2.38. The van der Waals surface area contributed by atoms with E-state index in [0.29, 0.717) is 30.1 Å². The van der Waals surface area contributed by atoms with Crippen molar-refractivity contribution in [3.63, 3.8) is 0 Å². The van der Waals surface area contributed by atoms with Crippen LogP contribution in [0.3, 0.4) is 0 Å². The summed E-state index contributed by atoms with van der Waals surface area (Å²) in [5.41, 5.74) is 0.895. The average molecular weight is 677 g/mol. The standard InChI is InChI=1S/C35H44N6O6S/c1-38(2)15-14-36-34(45)28-11-12-31(43)39(3)21-32(44)41-20-26(19-27(41)22-47-29-13-16-48-33(29)35(46)40(28)4)37-30(42)18-23-9-10-24-7-5-6-8-25(24)17-23/h5-10,13,16-17,26-28H,11-12,14-15,18-22H2,1-4H3,(H,36,45)(H,37,42)/t26-,27+,28+/m1/s1. The number of benzene rings is 2. The summed E-state index contributed by atoms with van der Waals surface area (Å²) in [5.74, 6) is -1.10. The van der Waals surface area contributed by atoms with Crippen LogP contribution in [0.1, 0.15) is 34.5 Å². The van der Waals surface area contributed by atoms with Crippen molar-refractivity contribution in [2.24, 2.45) is 0 Å². The fraction of sp³-hybridized carbons (Fsp3) is 0.457. The van der Waals surface area contributed by atoms with Crippen molar-refractivity contribution >= 4 is 51.6 Å². The third kappa shape index (κ3) is 8.50. The van der Waals surface area contributed by atoms with E-state index in [4.69, 9.17) is 4.74 Å². The lowest BCUT2D eigenvalue weighted by molar-refractivity contribution is -0.140. The largest absolute Gasteiger partial charge is 0.490 e. The maximum atomic E-state index is 13.7.